The highest BCUT2D eigenvalue weighted by atomic mass is 16.5. The number of carbonyl (C=O) groups is 1. The third-order valence-corrected chi connectivity index (χ3v) is 4.35. The van der Waals surface area contributed by atoms with Crippen LogP contribution in [0.4, 0.5) is 0 Å². The summed E-state index contributed by atoms with van der Waals surface area (Å²) in [5.41, 5.74) is 3.05. The van der Waals surface area contributed by atoms with Gasteiger partial charge in [-0.25, -0.2) is 9.97 Å². The van der Waals surface area contributed by atoms with Gasteiger partial charge in [-0.3, -0.25) is 4.79 Å². The number of fused-ring (bicyclic) bond motifs is 1. The maximum Gasteiger partial charge on any atom is 0.254 e. The molecule has 1 atom stereocenters. The molecular formula is C17H18N6O2. The SMILES string of the molecule is O=C(c1ccc2n[nH]nc2c1)N1CCO[C@@H](CCc2ccncn2)C1. The number of hydrogen-bond acceptors (Lipinski definition) is 6. The Labute approximate surface area is 144 Å². The van der Waals surface area contributed by atoms with Gasteiger partial charge < -0.3 is 9.64 Å². The van der Waals surface area contributed by atoms with Crippen molar-refractivity contribution >= 4 is 16.9 Å². The summed E-state index contributed by atoms with van der Waals surface area (Å²) >= 11 is 0. The number of nitrogens with zero attached hydrogens (tertiary/aromatic N) is 5. The van der Waals surface area contributed by atoms with E-state index in [9.17, 15) is 4.79 Å². The highest BCUT2D eigenvalue weighted by Gasteiger charge is 2.25. The first-order valence-electron chi connectivity index (χ1n) is 8.26. The van der Waals surface area contributed by atoms with Crippen LogP contribution in [-0.2, 0) is 11.2 Å². The average Bonchev–Trinajstić information content (AvgIpc) is 3.14. The average molecular weight is 338 g/mol. The standard InChI is InChI=1S/C17H18N6O2/c24-17(12-1-4-15-16(9-12)21-22-20-15)23-7-8-25-14(10-23)3-2-13-5-6-18-11-19-13/h1,4-6,9,11,14H,2-3,7-8,10H2,(H,20,21,22)/t14-/m0/s1. The molecule has 4 rings (SSSR count). The smallest absolute Gasteiger partial charge is 0.254 e. The van der Waals surface area contributed by atoms with Crippen LogP contribution in [0.25, 0.3) is 11.0 Å². The van der Waals surface area contributed by atoms with Crippen molar-refractivity contribution in [2.24, 2.45) is 0 Å². The van der Waals surface area contributed by atoms with Crippen molar-refractivity contribution in [2.45, 2.75) is 18.9 Å². The van der Waals surface area contributed by atoms with Crippen LogP contribution >= 0.6 is 0 Å². The van der Waals surface area contributed by atoms with Crippen molar-refractivity contribution < 1.29 is 9.53 Å². The molecule has 0 saturated carbocycles. The van der Waals surface area contributed by atoms with Crippen molar-refractivity contribution in [3.8, 4) is 0 Å². The number of nitrogens with one attached hydrogen (secondary N) is 1. The van der Waals surface area contributed by atoms with Gasteiger partial charge in [0.2, 0.25) is 0 Å². The maximum atomic E-state index is 12.8. The number of carbonyl (C=O) groups excluding carboxylic acids is 1. The number of aryl methyl sites for hydroxylation is 1. The van der Waals surface area contributed by atoms with Gasteiger partial charge in [0.25, 0.3) is 5.91 Å². The van der Waals surface area contributed by atoms with Gasteiger partial charge in [0.05, 0.1) is 12.7 Å². The Hall–Kier alpha value is -2.87. The van der Waals surface area contributed by atoms with E-state index in [-0.39, 0.29) is 12.0 Å². The predicted octanol–water partition coefficient (Wildman–Crippen LogP) is 1.22. The summed E-state index contributed by atoms with van der Waals surface area (Å²) in [4.78, 5) is 22.8. The summed E-state index contributed by atoms with van der Waals surface area (Å²) in [7, 11) is 0. The number of hydrogen-bond donors (Lipinski definition) is 1. The lowest BCUT2D eigenvalue weighted by Crippen LogP contribution is -2.45. The molecule has 1 aromatic carbocycles. The normalized spacial score (nSPS) is 17.8. The molecule has 0 aliphatic carbocycles. The number of rotatable bonds is 4. The molecule has 0 bridgehead atoms. The summed E-state index contributed by atoms with van der Waals surface area (Å²) < 4.78 is 5.81. The fourth-order valence-electron chi connectivity index (χ4n) is 3.01. The second-order valence-electron chi connectivity index (χ2n) is 6.01. The van der Waals surface area contributed by atoms with Gasteiger partial charge in [-0.2, -0.15) is 15.4 Å². The fourth-order valence-corrected chi connectivity index (χ4v) is 3.01. The van der Waals surface area contributed by atoms with E-state index in [1.807, 2.05) is 11.0 Å². The molecule has 1 amide bonds. The molecule has 3 aromatic rings. The van der Waals surface area contributed by atoms with E-state index in [0.717, 1.165) is 24.1 Å². The maximum absolute atomic E-state index is 12.8. The van der Waals surface area contributed by atoms with E-state index in [0.29, 0.717) is 30.8 Å². The van der Waals surface area contributed by atoms with E-state index in [1.165, 1.54) is 0 Å². The van der Waals surface area contributed by atoms with E-state index in [1.54, 1.807) is 30.7 Å². The lowest BCUT2D eigenvalue weighted by Gasteiger charge is -2.33. The molecule has 2 aromatic heterocycles. The Morgan fingerprint density at radius 3 is 3.08 bits per heavy atom. The van der Waals surface area contributed by atoms with Crippen LogP contribution in [0.5, 0.6) is 0 Å². The molecule has 1 aliphatic heterocycles. The largest absolute Gasteiger partial charge is 0.375 e. The van der Waals surface area contributed by atoms with Crippen molar-refractivity contribution in [3.63, 3.8) is 0 Å². The molecule has 3 heterocycles. The summed E-state index contributed by atoms with van der Waals surface area (Å²) in [5.74, 6) is 0.000219. The zero-order valence-corrected chi connectivity index (χ0v) is 13.6. The predicted molar refractivity (Wildman–Crippen MR) is 89.9 cm³/mol. The van der Waals surface area contributed by atoms with Crippen LogP contribution in [0.3, 0.4) is 0 Å². The van der Waals surface area contributed by atoms with Crippen molar-refractivity contribution in [2.75, 3.05) is 19.7 Å². The molecular weight excluding hydrogens is 320 g/mol. The van der Waals surface area contributed by atoms with Gasteiger partial charge in [0.1, 0.15) is 17.4 Å². The van der Waals surface area contributed by atoms with E-state index >= 15 is 0 Å². The van der Waals surface area contributed by atoms with Gasteiger partial charge >= 0.3 is 0 Å². The minimum absolute atomic E-state index is 0.000219. The van der Waals surface area contributed by atoms with Gasteiger partial charge in [-0.15, -0.1) is 0 Å². The Bertz CT molecular complexity index is 866. The third kappa shape index (κ3) is 3.48. The van der Waals surface area contributed by atoms with Gasteiger partial charge in [0, 0.05) is 30.5 Å². The number of H-pyrrole nitrogens is 1. The number of amides is 1. The molecule has 128 valence electrons. The molecule has 1 saturated heterocycles. The van der Waals surface area contributed by atoms with E-state index in [2.05, 4.69) is 25.4 Å². The lowest BCUT2D eigenvalue weighted by molar-refractivity contribution is -0.0246. The highest BCUT2D eigenvalue weighted by molar-refractivity contribution is 5.97. The van der Waals surface area contributed by atoms with Gasteiger partial charge in [-0.05, 0) is 37.1 Å². The van der Waals surface area contributed by atoms with Crippen LogP contribution in [-0.4, -0.2) is 62.0 Å². The number of benzene rings is 1. The fraction of sp³-hybridized carbons (Fsp3) is 0.353. The van der Waals surface area contributed by atoms with Crippen molar-refractivity contribution in [1.82, 2.24) is 30.3 Å². The molecule has 25 heavy (non-hydrogen) atoms. The molecule has 1 aliphatic rings. The second-order valence-corrected chi connectivity index (χ2v) is 6.01. The summed E-state index contributed by atoms with van der Waals surface area (Å²) in [6.07, 6.45) is 4.93. The zero-order valence-electron chi connectivity index (χ0n) is 13.6. The Kier molecular flexibility index (Phi) is 4.34. The Morgan fingerprint density at radius 2 is 2.20 bits per heavy atom. The minimum atomic E-state index is 0.000219. The molecule has 0 unspecified atom stereocenters. The van der Waals surface area contributed by atoms with Crippen LogP contribution in [0.1, 0.15) is 22.5 Å². The number of ether oxygens (including phenoxy) is 1. The van der Waals surface area contributed by atoms with Crippen LogP contribution in [0.2, 0.25) is 0 Å². The second kappa shape index (κ2) is 6.94. The first-order valence-corrected chi connectivity index (χ1v) is 8.26. The summed E-state index contributed by atoms with van der Waals surface area (Å²) in [6, 6.07) is 7.27. The van der Waals surface area contributed by atoms with Crippen molar-refractivity contribution in [1.29, 1.82) is 0 Å². The molecule has 1 N–H and O–H groups in total. The van der Waals surface area contributed by atoms with Crippen LogP contribution < -0.4 is 0 Å². The number of aromatic amines is 1. The van der Waals surface area contributed by atoms with Gasteiger partial charge in [-0.1, -0.05) is 0 Å². The zero-order chi connectivity index (χ0) is 17.1. The third-order valence-electron chi connectivity index (χ3n) is 4.35. The molecule has 8 heteroatoms. The molecule has 0 spiro atoms. The minimum Gasteiger partial charge on any atom is -0.375 e. The highest BCUT2D eigenvalue weighted by Crippen LogP contribution is 2.17. The molecule has 8 nitrogen and oxygen atoms in total. The molecule has 1 fully saturated rings. The lowest BCUT2D eigenvalue weighted by atomic mass is 10.1. The van der Waals surface area contributed by atoms with E-state index in [4.69, 9.17) is 4.74 Å². The number of morpholine rings is 1. The van der Waals surface area contributed by atoms with E-state index < -0.39 is 0 Å². The van der Waals surface area contributed by atoms with Crippen LogP contribution in [0, 0.1) is 0 Å². The first kappa shape index (κ1) is 15.6. The number of aromatic nitrogens is 5. The topological polar surface area (TPSA) is 96.9 Å². The Morgan fingerprint density at radius 1 is 1.28 bits per heavy atom. The quantitative estimate of drug-likeness (QED) is 0.768. The summed E-state index contributed by atoms with van der Waals surface area (Å²) in [6.45, 7) is 1.73. The first-order chi connectivity index (χ1) is 12.3. The van der Waals surface area contributed by atoms with Crippen molar-refractivity contribution in [3.05, 3.63) is 48.0 Å². The molecule has 0 radical (unpaired) electrons. The van der Waals surface area contributed by atoms with Crippen LogP contribution in [0.15, 0.2) is 36.8 Å². The summed E-state index contributed by atoms with van der Waals surface area (Å²) in [5, 5.41) is 10.6. The van der Waals surface area contributed by atoms with Gasteiger partial charge in [0.15, 0.2) is 0 Å². The monoisotopic (exact) mass is 338 g/mol. The Balaban J connectivity index is 1.40.